The van der Waals surface area contributed by atoms with Gasteiger partial charge in [-0.3, -0.25) is 0 Å². The molecule has 1 rings (SSSR count). The molecular formula is C14H22O2. The van der Waals surface area contributed by atoms with Crippen molar-refractivity contribution in [2.75, 3.05) is 0 Å². The Balaban J connectivity index is 3.01. The predicted molar refractivity (Wildman–Crippen MR) is 66.8 cm³/mol. The Kier molecular flexibility index (Phi) is 4.22. The van der Waals surface area contributed by atoms with Crippen LogP contribution in [-0.2, 0) is 0 Å². The van der Waals surface area contributed by atoms with Crippen LogP contribution in [0.15, 0.2) is 18.2 Å². The lowest BCUT2D eigenvalue weighted by molar-refractivity contribution is 0.384. The minimum atomic E-state index is 0.119. The van der Waals surface area contributed by atoms with Crippen LogP contribution in [0.4, 0.5) is 0 Å². The zero-order chi connectivity index (χ0) is 12.3. The molecule has 0 aliphatic rings. The zero-order valence-electron chi connectivity index (χ0n) is 10.6. The third-order valence-corrected chi connectivity index (χ3v) is 2.94. The number of rotatable bonds is 4. The number of hydrogen-bond donors (Lipinski definition) is 2. The van der Waals surface area contributed by atoms with Gasteiger partial charge in [-0.15, -0.1) is 0 Å². The lowest BCUT2D eigenvalue weighted by atomic mass is 9.82. The van der Waals surface area contributed by atoms with Gasteiger partial charge < -0.3 is 10.2 Å². The molecule has 1 aromatic carbocycles. The van der Waals surface area contributed by atoms with Crippen LogP contribution in [-0.4, -0.2) is 10.2 Å². The first-order valence-corrected chi connectivity index (χ1v) is 5.93. The van der Waals surface area contributed by atoms with Crippen molar-refractivity contribution in [3.8, 4) is 11.5 Å². The van der Waals surface area contributed by atoms with E-state index in [4.69, 9.17) is 0 Å². The molecule has 0 aliphatic heterocycles. The van der Waals surface area contributed by atoms with Crippen LogP contribution in [0.1, 0.15) is 45.6 Å². The van der Waals surface area contributed by atoms with E-state index in [1.807, 2.05) is 6.07 Å². The minimum absolute atomic E-state index is 0.119. The van der Waals surface area contributed by atoms with Crippen molar-refractivity contribution in [2.24, 2.45) is 11.8 Å². The Hall–Kier alpha value is -1.18. The second-order valence-electron chi connectivity index (χ2n) is 5.22. The highest BCUT2D eigenvalue weighted by Gasteiger charge is 2.20. The monoisotopic (exact) mass is 222 g/mol. The first-order valence-electron chi connectivity index (χ1n) is 5.93. The molecule has 16 heavy (non-hydrogen) atoms. The standard InChI is InChI=1S/C14H22O2/c1-9(2)7-13(10(3)4)12-6-5-11(15)8-14(12)16/h5-6,8-10,13,15-16H,7H2,1-4H3. The molecule has 1 atom stereocenters. The largest absolute Gasteiger partial charge is 0.508 e. The van der Waals surface area contributed by atoms with Crippen LogP contribution in [0.25, 0.3) is 0 Å². The highest BCUT2D eigenvalue weighted by Crippen LogP contribution is 2.37. The summed E-state index contributed by atoms with van der Waals surface area (Å²) >= 11 is 0. The molecule has 0 aliphatic carbocycles. The molecule has 0 heterocycles. The Morgan fingerprint density at radius 1 is 1.06 bits per heavy atom. The number of phenols is 2. The summed E-state index contributed by atoms with van der Waals surface area (Å²) in [6, 6.07) is 4.90. The Bertz CT molecular complexity index is 343. The van der Waals surface area contributed by atoms with Gasteiger partial charge >= 0.3 is 0 Å². The van der Waals surface area contributed by atoms with Gasteiger partial charge in [0.05, 0.1) is 0 Å². The van der Waals surface area contributed by atoms with E-state index in [1.165, 1.54) is 6.07 Å². The van der Waals surface area contributed by atoms with Crippen molar-refractivity contribution in [3.05, 3.63) is 23.8 Å². The van der Waals surface area contributed by atoms with Crippen molar-refractivity contribution < 1.29 is 10.2 Å². The van der Waals surface area contributed by atoms with E-state index < -0.39 is 0 Å². The fraction of sp³-hybridized carbons (Fsp3) is 0.571. The van der Waals surface area contributed by atoms with E-state index in [0.717, 1.165) is 12.0 Å². The molecular weight excluding hydrogens is 200 g/mol. The number of aromatic hydroxyl groups is 2. The molecule has 2 nitrogen and oxygen atoms in total. The van der Waals surface area contributed by atoms with Gasteiger partial charge in [-0.05, 0) is 35.8 Å². The normalized spacial score (nSPS) is 13.4. The summed E-state index contributed by atoms with van der Waals surface area (Å²) in [7, 11) is 0. The molecule has 1 unspecified atom stereocenters. The van der Waals surface area contributed by atoms with Gasteiger partial charge in [-0.1, -0.05) is 33.8 Å². The van der Waals surface area contributed by atoms with Gasteiger partial charge in [0.25, 0.3) is 0 Å². The fourth-order valence-electron chi connectivity index (χ4n) is 2.11. The van der Waals surface area contributed by atoms with E-state index >= 15 is 0 Å². The van der Waals surface area contributed by atoms with Crippen LogP contribution in [0.2, 0.25) is 0 Å². The third kappa shape index (κ3) is 3.16. The average molecular weight is 222 g/mol. The lowest BCUT2D eigenvalue weighted by Crippen LogP contribution is -2.10. The molecule has 0 aromatic heterocycles. The molecule has 2 heteroatoms. The van der Waals surface area contributed by atoms with Crippen molar-refractivity contribution in [1.82, 2.24) is 0 Å². The summed E-state index contributed by atoms with van der Waals surface area (Å²) in [6.07, 6.45) is 1.05. The van der Waals surface area contributed by atoms with Gasteiger partial charge in [0, 0.05) is 6.07 Å². The fourth-order valence-corrected chi connectivity index (χ4v) is 2.11. The van der Waals surface area contributed by atoms with Crippen molar-refractivity contribution >= 4 is 0 Å². The van der Waals surface area contributed by atoms with Gasteiger partial charge in [-0.2, -0.15) is 0 Å². The minimum Gasteiger partial charge on any atom is -0.508 e. The van der Waals surface area contributed by atoms with E-state index in [2.05, 4.69) is 27.7 Å². The maximum atomic E-state index is 9.86. The molecule has 0 radical (unpaired) electrons. The van der Waals surface area contributed by atoms with Gasteiger partial charge in [0.15, 0.2) is 0 Å². The van der Waals surface area contributed by atoms with E-state index in [-0.39, 0.29) is 11.5 Å². The van der Waals surface area contributed by atoms with Crippen molar-refractivity contribution in [1.29, 1.82) is 0 Å². The highest BCUT2D eigenvalue weighted by atomic mass is 16.3. The summed E-state index contributed by atoms with van der Waals surface area (Å²) in [5.41, 5.74) is 0.946. The highest BCUT2D eigenvalue weighted by molar-refractivity contribution is 5.41. The second-order valence-corrected chi connectivity index (χ2v) is 5.22. The molecule has 0 amide bonds. The molecule has 0 saturated carbocycles. The zero-order valence-corrected chi connectivity index (χ0v) is 10.6. The first kappa shape index (κ1) is 12.9. The molecule has 0 saturated heterocycles. The number of benzene rings is 1. The topological polar surface area (TPSA) is 40.5 Å². The van der Waals surface area contributed by atoms with Crippen molar-refractivity contribution in [2.45, 2.75) is 40.0 Å². The van der Waals surface area contributed by atoms with Crippen LogP contribution >= 0.6 is 0 Å². The molecule has 0 fully saturated rings. The number of hydrogen-bond acceptors (Lipinski definition) is 2. The van der Waals surface area contributed by atoms with Gasteiger partial charge in [0.1, 0.15) is 11.5 Å². The average Bonchev–Trinajstić information content (AvgIpc) is 2.14. The van der Waals surface area contributed by atoms with Crippen LogP contribution in [0.5, 0.6) is 11.5 Å². The third-order valence-electron chi connectivity index (χ3n) is 2.94. The smallest absolute Gasteiger partial charge is 0.122 e. The molecule has 90 valence electrons. The lowest BCUT2D eigenvalue weighted by Gasteiger charge is -2.24. The maximum Gasteiger partial charge on any atom is 0.122 e. The van der Waals surface area contributed by atoms with E-state index in [9.17, 15) is 10.2 Å². The molecule has 0 bridgehead atoms. The van der Waals surface area contributed by atoms with E-state index in [1.54, 1.807) is 6.07 Å². The molecule has 0 spiro atoms. The maximum absolute atomic E-state index is 9.86. The quantitative estimate of drug-likeness (QED) is 0.811. The Labute approximate surface area is 97.9 Å². The Morgan fingerprint density at radius 3 is 2.12 bits per heavy atom. The molecule has 2 N–H and O–H groups in total. The SMILES string of the molecule is CC(C)CC(c1ccc(O)cc1O)C(C)C. The van der Waals surface area contributed by atoms with Gasteiger partial charge in [0.2, 0.25) is 0 Å². The van der Waals surface area contributed by atoms with Crippen LogP contribution < -0.4 is 0 Å². The second kappa shape index (κ2) is 5.24. The first-order chi connectivity index (χ1) is 7.41. The summed E-state index contributed by atoms with van der Waals surface area (Å²) in [4.78, 5) is 0. The van der Waals surface area contributed by atoms with Crippen molar-refractivity contribution in [3.63, 3.8) is 0 Å². The van der Waals surface area contributed by atoms with Crippen LogP contribution in [0.3, 0.4) is 0 Å². The summed E-state index contributed by atoms with van der Waals surface area (Å²) in [6.45, 7) is 8.71. The summed E-state index contributed by atoms with van der Waals surface area (Å²) in [5, 5.41) is 19.1. The predicted octanol–water partition coefficient (Wildman–Crippen LogP) is 3.88. The Morgan fingerprint density at radius 2 is 1.69 bits per heavy atom. The molecule has 1 aromatic rings. The van der Waals surface area contributed by atoms with Gasteiger partial charge in [-0.25, -0.2) is 0 Å². The van der Waals surface area contributed by atoms with E-state index in [0.29, 0.717) is 17.8 Å². The summed E-state index contributed by atoms with van der Waals surface area (Å²) < 4.78 is 0. The summed E-state index contributed by atoms with van der Waals surface area (Å²) in [5.74, 6) is 1.76. The van der Waals surface area contributed by atoms with Crippen LogP contribution in [0, 0.1) is 11.8 Å². The number of phenolic OH excluding ortho intramolecular Hbond substituents is 2.